The lowest BCUT2D eigenvalue weighted by Crippen LogP contribution is -1.83. The van der Waals surface area contributed by atoms with Gasteiger partial charge in [0.15, 0.2) is 0 Å². The standard InChI is InChI=1S/C13H8BrFN2/c14-9-4-5-10(11(15)7-9)12-8-17-6-2-1-3-13(17)16-12/h1-8H. The second-order valence-corrected chi connectivity index (χ2v) is 4.63. The Balaban J connectivity index is 2.20. The summed E-state index contributed by atoms with van der Waals surface area (Å²) in [5.74, 6) is -0.275. The van der Waals surface area contributed by atoms with Gasteiger partial charge < -0.3 is 4.40 Å². The average molecular weight is 291 g/mol. The third-order valence-corrected chi connectivity index (χ3v) is 3.06. The molecule has 0 saturated carbocycles. The van der Waals surface area contributed by atoms with E-state index in [2.05, 4.69) is 20.9 Å². The van der Waals surface area contributed by atoms with Crippen molar-refractivity contribution in [2.45, 2.75) is 0 Å². The molecule has 1 aromatic carbocycles. The van der Waals surface area contributed by atoms with Gasteiger partial charge >= 0.3 is 0 Å². The molecule has 2 aromatic heterocycles. The molecule has 3 rings (SSSR count). The van der Waals surface area contributed by atoms with Gasteiger partial charge in [-0.25, -0.2) is 9.37 Å². The fourth-order valence-electron chi connectivity index (χ4n) is 1.76. The van der Waals surface area contributed by atoms with Crippen molar-refractivity contribution in [1.29, 1.82) is 0 Å². The number of halogens is 2. The van der Waals surface area contributed by atoms with Gasteiger partial charge in [0.05, 0.1) is 5.69 Å². The monoisotopic (exact) mass is 290 g/mol. The maximum absolute atomic E-state index is 13.8. The fourth-order valence-corrected chi connectivity index (χ4v) is 2.09. The Bertz CT molecular complexity index is 658. The number of fused-ring (bicyclic) bond motifs is 1. The molecule has 0 aliphatic rings. The van der Waals surface area contributed by atoms with E-state index in [9.17, 15) is 4.39 Å². The van der Waals surface area contributed by atoms with E-state index < -0.39 is 0 Å². The van der Waals surface area contributed by atoms with Gasteiger partial charge in [0.2, 0.25) is 0 Å². The number of hydrogen-bond donors (Lipinski definition) is 0. The highest BCUT2D eigenvalue weighted by Gasteiger charge is 2.09. The maximum Gasteiger partial charge on any atom is 0.137 e. The minimum absolute atomic E-state index is 0.275. The minimum Gasteiger partial charge on any atom is -0.306 e. The Morgan fingerprint density at radius 1 is 1.18 bits per heavy atom. The second-order valence-electron chi connectivity index (χ2n) is 3.72. The van der Waals surface area contributed by atoms with Gasteiger partial charge in [0.1, 0.15) is 11.5 Å². The van der Waals surface area contributed by atoms with E-state index >= 15 is 0 Å². The molecule has 0 atom stereocenters. The predicted molar refractivity (Wildman–Crippen MR) is 68.3 cm³/mol. The van der Waals surface area contributed by atoms with Crippen LogP contribution in [0.4, 0.5) is 4.39 Å². The summed E-state index contributed by atoms with van der Waals surface area (Å²) in [6.07, 6.45) is 3.71. The number of pyridine rings is 1. The Labute approximate surface area is 106 Å². The molecule has 0 unspecified atom stereocenters. The molecule has 0 saturated heterocycles. The van der Waals surface area contributed by atoms with Gasteiger partial charge in [-0.15, -0.1) is 0 Å². The molecular weight excluding hydrogens is 283 g/mol. The van der Waals surface area contributed by atoms with Crippen molar-refractivity contribution >= 4 is 21.6 Å². The Hall–Kier alpha value is -1.68. The molecule has 0 N–H and O–H groups in total. The number of aromatic nitrogens is 2. The lowest BCUT2D eigenvalue weighted by Gasteiger charge is -1.98. The van der Waals surface area contributed by atoms with Crippen molar-refractivity contribution in [3.8, 4) is 11.3 Å². The average Bonchev–Trinajstić information content (AvgIpc) is 2.72. The van der Waals surface area contributed by atoms with Crippen LogP contribution < -0.4 is 0 Å². The Kier molecular flexibility index (Phi) is 2.44. The van der Waals surface area contributed by atoms with Gasteiger partial charge in [-0.1, -0.05) is 22.0 Å². The zero-order chi connectivity index (χ0) is 11.8. The van der Waals surface area contributed by atoms with Crippen LogP contribution in [0.25, 0.3) is 16.9 Å². The van der Waals surface area contributed by atoms with Crippen LogP contribution in [0.3, 0.4) is 0 Å². The van der Waals surface area contributed by atoms with Crippen molar-refractivity contribution in [3.05, 3.63) is 59.1 Å². The van der Waals surface area contributed by atoms with Crippen LogP contribution >= 0.6 is 15.9 Å². The zero-order valence-corrected chi connectivity index (χ0v) is 10.4. The molecular formula is C13H8BrFN2. The summed E-state index contributed by atoms with van der Waals surface area (Å²) < 4.78 is 16.4. The summed E-state index contributed by atoms with van der Waals surface area (Å²) >= 11 is 3.24. The van der Waals surface area contributed by atoms with E-state index in [-0.39, 0.29) is 5.82 Å². The van der Waals surface area contributed by atoms with E-state index in [4.69, 9.17) is 0 Å². The summed E-state index contributed by atoms with van der Waals surface area (Å²) in [7, 11) is 0. The number of benzene rings is 1. The topological polar surface area (TPSA) is 17.3 Å². The van der Waals surface area contributed by atoms with Gasteiger partial charge in [-0.05, 0) is 30.3 Å². The van der Waals surface area contributed by atoms with E-state index in [0.717, 1.165) is 10.1 Å². The van der Waals surface area contributed by atoms with E-state index in [1.807, 2.05) is 41.1 Å². The number of rotatable bonds is 1. The first-order chi connectivity index (χ1) is 8.24. The van der Waals surface area contributed by atoms with Crippen LogP contribution in [-0.4, -0.2) is 9.38 Å². The summed E-state index contributed by atoms with van der Waals surface area (Å²) in [5, 5.41) is 0. The Morgan fingerprint density at radius 3 is 2.82 bits per heavy atom. The first-order valence-electron chi connectivity index (χ1n) is 5.13. The minimum atomic E-state index is -0.275. The summed E-state index contributed by atoms with van der Waals surface area (Å²) in [4.78, 5) is 4.38. The molecule has 0 fully saturated rings. The van der Waals surface area contributed by atoms with Crippen LogP contribution in [0.2, 0.25) is 0 Å². The number of imidazole rings is 1. The third kappa shape index (κ3) is 1.85. The van der Waals surface area contributed by atoms with Gasteiger partial charge in [-0.3, -0.25) is 0 Å². The zero-order valence-electron chi connectivity index (χ0n) is 8.77. The highest BCUT2D eigenvalue weighted by Crippen LogP contribution is 2.25. The van der Waals surface area contributed by atoms with Crippen molar-refractivity contribution in [3.63, 3.8) is 0 Å². The van der Waals surface area contributed by atoms with E-state index in [0.29, 0.717) is 11.3 Å². The molecule has 2 nitrogen and oxygen atoms in total. The SMILES string of the molecule is Fc1cc(Br)ccc1-c1cn2ccccc2n1. The van der Waals surface area contributed by atoms with Gasteiger partial charge in [0.25, 0.3) is 0 Å². The van der Waals surface area contributed by atoms with E-state index in [1.54, 1.807) is 6.07 Å². The molecule has 2 heterocycles. The molecule has 0 amide bonds. The van der Waals surface area contributed by atoms with Crippen molar-refractivity contribution in [2.75, 3.05) is 0 Å². The van der Waals surface area contributed by atoms with Crippen LogP contribution in [0, 0.1) is 5.82 Å². The maximum atomic E-state index is 13.8. The van der Waals surface area contributed by atoms with E-state index in [1.165, 1.54) is 6.07 Å². The molecule has 4 heteroatoms. The second kappa shape index (κ2) is 3.96. The predicted octanol–water partition coefficient (Wildman–Crippen LogP) is 3.90. The highest BCUT2D eigenvalue weighted by atomic mass is 79.9. The molecule has 0 aliphatic heterocycles. The van der Waals surface area contributed by atoms with Gasteiger partial charge in [0, 0.05) is 22.4 Å². The first-order valence-corrected chi connectivity index (χ1v) is 5.92. The van der Waals surface area contributed by atoms with Gasteiger partial charge in [-0.2, -0.15) is 0 Å². The number of nitrogens with zero attached hydrogens (tertiary/aromatic N) is 2. The van der Waals surface area contributed by atoms with Crippen LogP contribution in [-0.2, 0) is 0 Å². The fraction of sp³-hybridized carbons (Fsp3) is 0. The molecule has 17 heavy (non-hydrogen) atoms. The normalized spacial score (nSPS) is 10.9. The molecule has 0 spiro atoms. The molecule has 0 aliphatic carbocycles. The summed E-state index contributed by atoms with van der Waals surface area (Å²) in [6.45, 7) is 0. The lowest BCUT2D eigenvalue weighted by atomic mass is 10.1. The molecule has 84 valence electrons. The third-order valence-electron chi connectivity index (χ3n) is 2.57. The highest BCUT2D eigenvalue weighted by molar-refractivity contribution is 9.10. The number of hydrogen-bond acceptors (Lipinski definition) is 1. The largest absolute Gasteiger partial charge is 0.306 e. The molecule has 0 bridgehead atoms. The van der Waals surface area contributed by atoms with Crippen molar-refractivity contribution in [2.24, 2.45) is 0 Å². The summed E-state index contributed by atoms with van der Waals surface area (Å²) in [6, 6.07) is 10.7. The smallest absolute Gasteiger partial charge is 0.137 e. The quantitative estimate of drug-likeness (QED) is 0.664. The van der Waals surface area contributed by atoms with Crippen LogP contribution in [0.1, 0.15) is 0 Å². The molecule has 3 aromatic rings. The summed E-state index contributed by atoms with van der Waals surface area (Å²) in [5.41, 5.74) is 1.96. The Morgan fingerprint density at radius 2 is 2.06 bits per heavy atom. The van der Waals surface area contributed by atoms with Crippen molar-refractivity contribution < 1.29 is 4.39 Å². The van der Waals surface area contributed by atoms with Crippen molar-refractivity contribution in [1.82, 2.24) is 9.38 Å². The van der Waals surface area contributed by atoms with Crippen LogP contribution in [0.5, 0.6) is 0 Å². The first kappa shape index (κ1) is 10.5. The van der Waals surface area contributed by atoms with Crippen LogP contribution in [0.15, 0.2) is 53.3 Å². The lowest BCUT2D eigenvalue weighted by molar-refractivity contribution is 0.630. The molecule has 0 radical (unpaired) electrons.